The van der Waals surface area contributed by atoms with Gasteiger partial charge in [-0.2, -0.15) is 13.2 Å². The van der Waals surface area contributed by atoms with Gasteiger partial charge in [0.2, 0.25) is 0 Å². The Morgan fingerprint density at radius 2 is 1.88 bits per heavy atom. The number of hydrogen-bond acceptors (Lipinski definition) is 2. The minimum atomic E-state index is -4.42. The minimum Gasteiger partial charge on any atom is -0.314 e. The van der Waals surface area contributed by atoms with Crippen molar-refractivity contribution in [3.05, 3.63) is 34.3 Å². The first kappa shape index (κ1) is 21.6. The summed E-state index contributed by atoms with van der Waals surface area (Å²) in [4.78, 5) is 2.26. The van der Waals surface area contributed by atoms with Crippen LogP contribution in [0.4, 0.5) is 13.2 Å². The quantitative estimate of drug-likeness (QED) is 0.753. The fourth-order valence-corrected chi connectivity index (χ4v) is 3.78. The van der Waals surface area contributed by atoms with E-state index in [4.69, 9.17) is 11.6 Å². The molecule has 1 N–H and O–H groups in total. The molecule has 138 valence electrons. The molecule has 2 rings (SSSR count). The zero-order valence-corrected chi connectivity index (χ0v) is 15.6. The third-order valence-corrected chi connectivity index (χ3v) is 4.90. The number of piperazine rings is 1. The molecule has 7 heteroatoms. The summed E-state index contributed by atoms with van der Waals surface area (Å²) in [6, 6.07) is 4.20. The molecule has 1 aromatic carbocycles. The fourth-order valence-electron chi connectivity index (χ4n) is 3.43. The van der Waals surface area contributed by atoms with E-state index in [2.05, 4.69) is 24.1 Å². The molecule has 1 unspecified atom stereocenters. The Kier molecular flexibility index (Phi) is 8.33. The highest BCUT2D eigenvalue weighted by Crippen LogP contribution is 2.42. The largest absolute Gasteiger partial charge is 0.417 e. The summed E-state index contributed by atoms with van der Waals surface area (Å²) < 4.78 is 39.5. The Balaban J connectivity index is 0.00000288. The number of halogens is 5. The molecule has 0 spiro atoms. The van der Waals surface area contributed by atoms with Crippen LogP contribution in [0, 0.1) is 5.92 Å². The van der Waals surface area contributed by atoms with Crippen molar-refractivity contribution >= 4 is 24.0 Å². The van der Waals surface area contributed by atoms with E-state index in [1.54, 1.807) is 6.07 Å². The second-order valence-corrected chi connectivity index (χ2v) is 6.58. The molecule has 1 heterocycles. The Morgan fingerprint density at radius 1 is 1.25 bits per heavy atom. The van der Waals surface area contributed by atoms with Crippen molar-refractivity contribution in [2.45, 2.75) is 38.9 Å². The Bertz CT molecular complexity index is 517. The van der Waals surface area contributed by atoms with Gasteiger partial charge < -0.3 is 5.32 Å². The minimum absolute atomic E-state index is 0. The molecule has 1 aromatic rings. The van der Waals surface area contributed by atoms with Gasteiger partial charge >= 0.3 is 6.18 Å². The monoisotopic (exact) mass is 384 g/mol. The zero-order chi connectivity index (χ0) is 17.0. The highest BCUT2D eigenvalue weighted by atomic mass is 35.5. The average molecular weight is 385 g/mol. The first-order chi connectivity index (χ1) is 10.9. The number of nitrogens with zero attached hydrogens (tertiary/aromatic N) is 1. The fraction of sp³-hybridized carbons (Fsp3) is 0.647. The van der Waals surface area contributed by atoms with Gasteiger partial charge in [-0.3, -0.25) is 4.90 Å². The summed E-state index contributed by atoms with van der Waals surface area (Å²) in [6.45, 7) is 7.56. The predicted molar refractivity (Wildman–Crippen MR) is 95.0 cm³/mol. The molecule has 1 aliphatic rings. The number of hydrogen-bond donors (Lipinski definition) is 1. The van der Waals surface area contributed by atoms with Crippen molar-refractivity contribution in [1.29, 1.82) is 0 Å². The smallest absolute Gasteiger partial charge is 0.314 e. The van der Waals surface area contributed by atoms with Gasteiger partial charge in [0.15, 0.2) is 0 Å². The van der Waals surface area contributed by atoms with E-state index in [0.29, 0.717) is 5.56 Å². The SMILES string of the molecule is CCCC(C)[C@@H](c1cccc(C(F)(F)F)c1Cl)N1CCNCC1.Cl. The molecule has 24 heavy (non-hydrogen) atoms. The molecule has 2 nitrogen and oxygen atoms in total. The van der Waals surface area contributed by atoms with Gasteiger partial charge in [0, 0.05) is 32.2 Å². The maximum absolute atomic E-state index is 13.2. The van der Waals surface area contributed by atoms with Crippen LogP contribution in [-0.2, 0) is 6.18 Å². The van der Waals surface area contributed by atoms with E-state index in [1.807, 2.05) is 0 Å². The van der Waals surface area contributed by atoms with Crippen molar-refractivity contribution in [2.75, 3.05) is 26.2 Å². The summed E-state index contributed by atoms with van der Waals surface area (Å²) in [7, 11) is 0. The van der Waals surface area contributed by atoms with Crippen LogP contribution in [0.2, 0.25) is 5.02 Å². The Morgan fingerprint density at radius 3 is 2.42 bits per heavy atom. The van der Waals surface area contributed by atoms with Crippen LogP contribution in [0.25, 0.3) is 0 Å². The summed E-state index contributed by atoms with van der Waals surface area (Å²) in [5, 5.41) is 3.14. The van der Waals surface area contributed by atoms with Crippen molar-refractivity contribution < 1.29 is 13.2 Å². The van der Waals surface area contributed by atoms with Crippen molar-refractivity contribution in [1.82, 2.24) is 10.2 Å². The maximum atomic E-state index is 13.2. The van der Waals surface area contributed by atoms with Crippen molar-refractivity contribution in [2.24, 2.45) is 5.92 Å². The number of benzene rings is 1. The van der Waals surface area contributed by atoms with Gasteiger partial charge in [0.05, 0.1) is 10.6 Å². The van der Waals surface area contributed by atoms with Gasteiger partial charge in [0.1, 0.15) is 0 Å². The van der Waals surface area contributed by atoms with Gasteiger partial charge in [-0.25, -0.2) is 0 Å². The Labute approximate surface area is 153 Å². The first-order valence-corrected chi connectivity index (χ1v) is 8.54. The average Bonchev–Trinajstić information content (AvgIpc) is 2.49. The van der Waals surface area contributed by atoms with Crippen LogP contribution in [0.3, 0.4) is 0 Å². The summed E-state index contributed by atoms with van der Waals surface area (Å²) in [5.74, 6) is 0.249. The maximum Gasteiger partial charge on any atom is 0.417 e. The molecule has 1 saturated heterocycles. The second-order valence-electron chi connectivity index (χ2n) is 6.20. The molecule has 2 atom stereocenters. The lowest BCUT2D eigenvalue weighted by atomic mass is 9.88. The van der Waals surface area contributed by atoms with Crippen LogP contribution in [-0.4, -0.2) is 31.1 Å². The number of alkyl halides is 3. The van der Waals surface area contributed by atoms with Crippen LogP contribution >= 0.6 is 24.0 Å². The van der Waals surface area contributed by atoms with E-state index in [0.717, 1.165) is 45.1 Å². The topological polar surface area (TPSA) is 15.3 Å². The van der Waals surface area contributed by atoms with Crippen LogP contribution in [0.5, 0.6) is 0 Å². The highest BCUT2D eigenvalue weighted by Gasteiger charge is 2.36. The zero-order valence-electron chi connectivity index (χ0n) is 14.0. The van der Waals surface area contributed by atoms with Crippen LogP contribution in [0.1, 0.15) is 43.9 Å². The van der Waals surface area contributed by atoms with Gasteiger partial charge in [-0.15, -0.1) is 12.4 Å². The van der Waals surface area contributed by atoms with E-state index in [1.165, 1.54) is 6.07 Å². The molecule has 0 radical (unpaired) electrons. The van der Waals surface area contributed by atoms with E-state index < -0.39 is 11.7 Å². The standard InChI is InChI=1S/C17H24ClF3N2.ClH/c1-3-5-12(2)16(23-10-8-22-9-11-23)13-6-4-7-14(15(13)18)17(19,20)21;/h4,6-7,12,16,22H,3,5,8-11H2,1-2H3;1H/t12?,16-;/m0./s1. The molecule has 1 fully saturated rings. The van der Waals surface area contributed by atoms with Gasteiger partial charge in [-0.1, -0.05) is 44.0 Å². The lowest BCUT2D eigenvalue weighted by Gasteiger charge is -2.39. The third-order valence-electron chi connectivity index (χ3n) is 4.48. The van der Waals surface area contributed by atoms with E-state index in [-0.39, 0.29) is 29.4 Å². The number of rotatable bonds is 5. The van der Waals surface area contributed by atoms with E-state index >= 15 is 0 Å². The van der Waals surface area contributed by atoms with Crippen LogP contribution < -0.4 is 5.32 Å². The summed E-state index contributed by atoms with van der Waals surface area (Å²) in [6.07, 6.45) is -2.46. The Hall–Kier alpha value is -0.490. The lowest BCUT2D eigenvalue weighted by molar-refractivity contribution is -0.137. The molecule has 1 aliphatic heterocycles. The molecule has 0 aromatic heterocycles. The highest BCUT2D eigenvalue weighted by molar-refractivity contribution is 6.32. The first-order valence-electron chi connectivity index (χ1n) is 8.16. The van der Waals surface area contributed by atoms with Gasteiger partial charge in [-0.05, 0) is 24.0 Å². The molecule has 0 amide bonds. The number of nitrogens with one attached hydrogen (secondary N) is 1. The van der Waals surface area contributed by atoms with Crippen LogP contribution in [0.15, 0.2) is 18.2 Å². The van der Waals surface area contributed by atoms with Crippen molar-refractivity contribution in [3.63, 3.8) is 0 Å². The molecular weight excluding hydrogens is 360 g/mol. The lowest BCUT2D eigenvalue weighted by Crippen LogP contribution is -2.46. The molecule has 0 aliphatic carbocycles. The second kappa shape index (κ2) is 9.27. The molecule has 0 saturated carbocycles. The normalized spacial score (nSPS) is 18.8. The van der Waals surface area contributed by atoms with E-state index in [9.17, 15) is 13.2 Å². The van der Waals surface area contributed by atoms with Crippen molar-refractivity contribution in [3.8, 4) is 0 Å². The third kappa shape index (κ3) is 5.01. The molecular formula is C17H25Cl2F3N2. The van der Waals surface area contributed by atoms with Gasteiger partial charge in [0.25, 0.3) is 0 Å². The summed E-state index contributed by atoms with van der Waals surface area (Å²) in [5.41, 5.74) is -0.134. The molecule has 0 bridgehead atoms. The predicted octanol–water partition coefficient (Wildman–Crippen LogP) is 5.16. The summed E-state index contributed by atoms with van der Waals surface area (Å²) >= 11 is 6.19.